The molecule has 1 atom stereocenters. The minimum atomic E-state index is 0.155. The van der Waals surface area contributed by atoms with Gasteiger partial charge in [-0.2, -0.15) is 5.10 Å². The molecule has 0 fully saturated rings. The quantitative estimate of drug-likeness (QED) is 0.769. The maximum absolute atomic E-state index is 4.54. The molecule has 0 radical (unpaired) electrons. The first-order valence-electron chi connectivity index (χ1n) is 8.57. The number of anilines is 1. The Kier molecular flexibility index (Phi) is 4.57. The van der Waals surface area contributed by atoms with E-state index in [9.17, 15) is 0 Å². The lowest BCUT2D eigenvalue weighted by Crippen LogP contribution is -2.11. The van der Waals surface area contributed by atoms with Gasteiger partial charge in [0.15, 0.2) is 0 Å². The molecule has 0 spiro atoms. The molecule has 1 aromatic carbocycles. The smallest absolute Gasteiger partial charge is 0.133 e. The van der Waals surface area contributed by atoms with Crippen LogP contribution in [-0.4, -0.2) is 19.7 Å². The summed E-state index contributed by atoms with van der Waals surface area (Å²) in [5, 5.41) is 8.05. The van der Waals surface area contributed by atoms with Crippen LogP contribution in [0.25, 0.3) is 5.69 Å². The third-order valence-electron chi connectivity index (χ3n) is 4.50. The second kappa shape index (κ2) is 6.67. The van der Waals surface area contributed by atoms with E-state index in [1.165, 1.54) is 5.56 Å². The van der Waals surface area contributed by atoms with Gasteiger partial charge in [0.25, 0.3) is 0 Å². The summed E-state index contributed by atoms with van der Waals surface area (Å²) in [6.07, 6.45) is 0. The van der Waals surface area contributed by atoms with Crippen LogP contribution in [-0.2, 0) is 0 Å². The van der Waals surface area contributed by atoms with Gasteiger partial charge < -0.3 is 5.32 Å². The third-order valence-corrected chi connectivity index (χ3v) is 4.50. The summed E-state index contributed by atoms with van der Waals surface area (Å²) in [5.41, 5.74) is 6.56. The Morgan fingerprint density at radius 2 is 1.64 bits per heavy atom. The molecule has 1 N–H and O–H groups in total. The second-order valence-electron chi connectivity index (χ2n) is 6.63. The standard InChI is InChI=1S/C20H25N5/c1-12-11-13(2)25(24-12)19-9-7-18(8-10-19)16(5)22-20-14(3)15(4)21-17(6)23-20/h7-11,16H,1-6H3,(H,21,22,23). The highest BCUT2D eigenvalue weighted by Gasteiger charge is 2.11. The van der Waals surface area contributed by atoms with Gasteiger partial charge in [-0.1, -0.05) is 12.1 Å². The molecule has 0 amide bonds. The number of hydrogen-bond donors (Lipinski definition) is 1. The molecule has 0 saturated heterocycles. The predicted molar refractivity (Wildman–Crippen MR) is 101 cm³/mol. The maximum atomic E-state index is 4.54. The van der Waals surface area contributed by atoms with Gasteiger partial charge in [0, 0.05) is 23.0 Å². The Balaban J connectivity index is 1.82. The lowest BCUT2D eigenvalue weighted by molar-refractivity contribution is 0.826. The van der Waals surface area contributed by atoms with E-state index in [0.717, 1.165) is 40.0 Å². The summed E-state index contributed by atoms with van der Waals surface area (Å²) < 4.78 is 1.97. The molecule has 130 valence electrons. The van der Waals surface area contributed by atoms with Crippen molar-refractivity contribution in [2.75, 3.05) is 5.32 Å². The van der Waals surface area contributed by atoms with Crippen LogP contribution in [0.1, 0.15) is 47.0 Å². The number of hydrogen-bond acceptors (Lipinski definition) is 4. The molecule has 2 aromatic heterocycles. The monoisotopic (exact) mass is 335 g/mol. The van der Waals surface area contributed by atoms with Gasteiger partial charge in [0.2, 0.25) is 0 Å². The van der Waals surface area contributed by atoms with Crippen LogP contribution in [0.15, 0.2) is 30.3 Å². The van der Waals surface area contributed by atoms with Crippen molar-refractivity contribution in [2.45, 2.75) is 47.6 Å². The van der Waals surface area contributed by atoms with E-state index in [1.54, 1.807) is 0 Å². The molecule has 1 unspecified atom stereocenters. The molecule has 0 aliphatic rings. The number of aromatic nitrogens is 4. The lowest BCUT2D eigenvalue weighted by Gasteiger charge is -2.18. The predicted octanol–water partition coefficient (Wildman–Crippen LogP) is 4.38. The van der Waals surface area contributed by atoms with Crippen LogP contribution in [0.3, 0.4) is 0 Å². The molecule has 3 aromatic rings. The highest BCUT2D eigenvalue weighted by Crippen LogP contribution is 2.23. The van der Waals surface area contributed by atoms with E-state index in [-0.39, 0.29) is 6.04 Å². The van der Waals surface area contributed by atoms with Crippen molar-refractivity contribution in [1.82, 2.24) is 19.7 Å². The fraction of sp³-hybridized carbons (Fsp3) is 0.350. The Bertz CT molecular complexity index is 893. The number of aryl methyl sites for hydroxylation is 4. The van der Waals surface area contributed by atoms with E-state index in [4.69, 9.17) is 0 Å². The van der Waals surface area contributed by atoms with Crippen LogP contribution in [0.4, 0.5) is 5.82 Å². The Labute approximate surface area is 149 Å². The molecule has 5 heteroatoms. The van der Waals surface area contributed by atoms with E-state index in [2.05, 4.69) is 71.5 Å². The van der Waals surface area contributed by atoms with Crippen molar-refractivity contribution in [1.29, 1.82) is 0 Å². The normalized spacial score (nSPS) is 12.2. The van der Waals surface area contributed by atoms with Crippen LogP contribution in [0, 0.1) is 34.6 Å². The fourth-order valence-corrected chi connectivity index (χ4v) is 2.99. The SMILES string of the molecule is Cc1cc(C)n(-c2ccc(C(C)Nc3nc(C)nc(C)c3C)cc2)n1. The molecule has 25 heavy (non-hydrogen) atoms. The Morgan fingerprint density at radius 1 is 0.960 bits per heavy atom. The minimum Gasteiger partial charge on any atom is -0.363 e. The first-order valence-corrected chi connectivity index (χ1v) is 8.57. The number of rotatable bonds is 4. The highest BCUT2D eigenvalue weighted by molar-refractivity contribution is 5.48. The number of benzene rings is 1. The first-order chi connectivity index (χ1) is 11.8. The lowest BCUT2D eigenvalue weighted by atomic mass is 10.1. The average Bonchev–Trinajstić information content (AvgIpc) is 2.90. The summed E-state index contributed by atoms with van der Waals surface area (Å²) in [6.45, 7) is 12.2. The second-order valence-corrected chi connectivity index (χ2v) is 6.63. The van der Waals surface area contributed by atoms with Gasteiger partial charge in [-0.3, -0.25) is 0 Å². The summed E-state index contributed by atoms with van der Waals surface area (Å²) in [7, 11) is 0. The van der Waals surface area contributed by atoms with Crippen molar-refractivity contribution < 1.29 is 0 Å². The van der Waals surface area contributed by atoms with Crippen LogP contribution in [0.2, 0.25) is 0 Å². The molecule has 0 aliphatic carbocycles. The van der Waals surface area contributed by atoms with Gasteiger partial charge >= 0.3 is 0 Å². The molecule has 0 bridgehead atoms. The highest BCUT2D eigenvalue weighted by atomic mass is 15.3. The van der Waals surface area contributed by atoms with Gasteiger partial charge in [-0.15, -0.1) is 0 Å². The van der Waals surface area contributed by atoms with Gasteiger partial charge in [0.05, 0.1) is 11.4 Å². The third kappa shape index (κ3) is 3.55. The zero-order valence-electron chi connectivity index (χ0n) is 15.8. The van der Waals surface area contributed by atoms with Crippen LogP contribution in [0.5, 0.6) is 0 Å². The van der Waals surface area contributed by atoms with Crippen molar-refractivity contribution in [2.24, 2.45) is 0 Å². The fourth-order valence-electron chi connectivity index (χ4n) is 2.99. The minimum absolute atomic E-state index is 0.155. The van der Waals surface area contributed by atoms with Gasteiger partial charge in [-0.05, 0) is 65.3 Å². The molecule has 2 heterocycles. The number of nitrogens with zero attached hydrogens (tertiary/aromatic N) is 4. The van der Waals surface area contributed by atoms with Crippen LogP contribution >= 0.6 is 0 Å². The zero-order valence-corrected chi connectivity index (χ0v) is 15.8. The molecule has 0 aliphatic heterocycles. The van der Waals surface area contributed by atoms with E-state index in [1.807, 2.05) is 25.5 Å². The van der Waals surface area contributed by atoms with E-state index >= 15 is 0 Å². The average molecular weight is 335 g/mol. The molecular formula is C20H25N5. The van der Waals surface area contributed by atoms with E-state index < -0.39 is 0 Å². The summed E-state index contributed by atoms with van der Waals surface area (Å²) in [5.74, 6) is 1.69. The maximum Gasteiger partial charge on any atom is 0.133 e. The topological polar surface area (TPSA) is 55.6 Å². The van der Waals surface area contributed by atoms with Gasteiger partial charge in [0.1, 0.15) is 11.6 Å². The zero-order chi connectivity index (χ0) is 18.1. The summed E-state index contributed by atoms with van der Waals surface area (Å²) >= 11 is 0. The van der Waals surface area contributed by atoms with Crippen LogP contribution < -0.4 is 5.32 Å². The van der Waals surface area contributed by atoms with Crippen molar-refractivity contribution in [3.8, 4) is 5.69 Å². The summed E-state index contributed by atoms with van der Waals surface area (Å²) in [6, 6.07) is 10.7. The Hall–Kier alpha value is -2.69. The molecule has 0 saturated carbocycles. The summed E-state index contributed by atoms with van der Waals surface area (Å²) in [4.78, 5) is 8.95. The van der Waals surface area contributed by atoms with E-state index in [0.29, 0.717) is 0 Å². The van der Waals surface area contributed by atoms with Gasteiger partial charge in [-0.25, -0.2) is 14.6 Å². The molecular weight excluding hydrogens is 310 g/mol. The number of nitrogens with one attached hydrogen (secondary N) is 1. The largest absolute Gasteiger partial charge is 0.363 e. The molecule has 3 rings (SSSR count). The Morgan fingerprint density at radius 3 is 2.24 bits per heavy atom. The van der Waals surface area contributed by atoms with Crippen molar-refractivity contribution in [3.05, 3.63) is 64.4 Å². The molecule has 5 nitrogen and oxygen atoms in total. The van der Waals surface area contributed by atoms with Crippen molar-refractivity contribution >= 4 is 5.82 Å². The van der Waals surface area contributed by atoms with Crippen molar-refractivity contribution in [3.63, 3.8) is 0 Å². The first kappa shape index (κ1) is 17.1.